The Labute approximate surface area is 183 Å². The number of aromatic amines is 1. The number of nitrogens with two attached hydrogens (primary N) is 1. The van der Waals surface area contributed by atoms with E-state index in [2.05, 4.69) is 4.98 Å². The van der Waals surface area contributed by atoms with Crippen LogP contribution in [0.15, 0.2) is 47.3 Å². The largest absolute Gasteiger partial charge is 0.490 e. The second kappa shape index (κ2) is 9.25. The van der Waals surface area contributed by atoms with Gasteiger partial charge in [0, 0.05) is 5.56 Å². The van der Waals surface area contributed by atoms with E-state index < -0.39 is 34.4 Å². The third-order valence-electron chi connectivity index (χ3n) is 4.68. The molecule has 0 saturated carbocycles. The smallest absolute Gasteiger partial charge is 0.342 e. The zero-order valence-electron chi connectivity index (χ0n) is 17.5. The molecule has 3 aromatic rings. The van der Waals surface area contributed by atoms with Gasteiger partial charge in [0.1, 0.15) is 23.6 Å². The molecule has 0 aliphatic carbocycles. The van der Waals surface area contributed by atoms with Gasteiger partial charge in [-0.05, 0) is 37.1 Å². The lowest BCUT2D eigenvalue weighted by molar-refractivity contribution is 0.0695. The number of aromatic carboxylic acids is 2. The highest BCUT2D eigenvalue weighted by Crippen LogP contribution is 2.36. The highest BCUT2D eigenvalue weighted by Gasteiger charge is 2.27. The molecule has 9 nitrogen and oxygen atoms in total. The molecule has 32 heavy (non-hydrogen) atoms. The maximum atomic E-state index is 12.2. The Morgan fingerprint density at radius 2 is 1.72 bits per heavy atom. The number of rotatable bonds is 8. The van der Waals surface area contributed by atoms with Crippen LogP contribution in [0.25, 0.3) is 11.1 Å². The van der Waals surface area contributed by atoms with Crippen molar-refractivity contribution in [1.82, 2.24) is 4.98 Å². The molecule has 1 heterocycles. The number of nitrogen functional groups attached to an aromatic ring is 1. The van der Waals surface area contributed by atoms with Gasteiger partial charge in [0.05, 0.1) is 6.61 Å². The number of nitrogens with one attached hydrogen (secondary N) is 1. The van der Waals surface area contributed by atoms with Crippen LogP contribution in [-0.4, -0.2) is 33.7 Å². The average molecular weight is 438 g/mol. The molecule has 2 aromatic carbocycles. The molecule has 0 spiro atoms. The number of hydrogen-bond acceptors (Lipinski definition) is 6. The van der Waals surface area contributed by atoms with Crippen LogP contribution in [0.3, 0.4) is 0 Å². The Balaban J connectivity index is 2.12. The summed E-state index contributed by atoms with van der Waals surface area (Å²) in [4.78, 5) is 37.9. The fourth-order valence-corrected chi connectivity index (χ4v) is 3.35. The van der Waals surface area contributed by atoms with Crippen molar-refractivity contribution in [2.75, 3.05) is 12.3 Å². The maximum absolute atomic E-state index is 12.2. The van der Waals surface area contributed by atoms with Crippen molar-refractivity contribution >= 4 is 17.8 Å². The van der Waals surface area contributed by atoms with Gasteiger partial charge >= 0.3 is 11.9 Å². The minimum absolute atomic E-state index is 0.143. The standard InChI is InChI=1S/C23H22N2O7/c1-3-31-16-10-14(7-8-15(16)32-11-13-6-4-5-12(2)9-13)17-18(22(27)28)20(24)25-21(26)19(17)23(29)30/h4-10H,3,11H2,1-2H3,(H,27,28)(H,29,30)(H3,24,25,26). The molecular weight excluding hydrogens is 416 g/mol. The van der Waals surface area contributed by atoms with Gasteiger partial charge in [0.15, 0.2) is 11.5 Å². The van der Waals surface area contributed by atoms with E-state index in [9.17, 15) is 24.6 Å². The summed E-state index contributed by atoms with van der Waals surface area (Å²) < 4.78 is 11.5. The van der Waals surface area contributed by atoms with Gasteiger partial charge in [-0.15, -0.1) is 0 Å². The normalized spacial score (nSPS) is 10.6. The third kappa shape index (κ3) is 4.56. The highest BCUT2D eigenvalue weighted by molar-refractivity contribution is 6.07. The lowest BCUT2D eigenvalue weighted by Crippen LogP contribution is -2.24. The van der Waals surface area contributed by atoms with Gasteiger partial charge in [0.2, 0.25) is 0 Å². The van der Waals surface area contributed by atoms with E-state index in [1.165, 1.54) is 18.2 Å². The summed E-state index contributed by atoms with van der Waals surface area (Å²) in [7, 11) is 0. The lowest BCUT2D eigenvalue weighted by atomic mass is 9.95. The molecule has 0 atom stereocenters. The van der Waals surface area contributed by atoms with Crippen molar-refractivity contribution in [2.45, 2.75) is 20.5 Å². The molecule has 0 aliphatic rings. The number of ether oxygens (including phenoxy) is 2. The van der Waals surface area contributed by atoms with Crippen molar-refractivity contribution in [1.29, 1.82) is 0 Å². The first-order valence-electron chi connectivity index (χ1n) is 9.70. The summed E-state index contributed by atoms with van der Waals surface area (Å²) in [5.74, 6) is -2.86. The molecule has 0 amide bonds. The SMILES string of the molecule is CCOc1cc(-c2c(C(=O)O)c(N)[nH]c(=O)c2C(=O)O)ccc1OCc1cccc(C)c1. The number of carboxylic acids is 2. The van der Waals surface area contributed by atoms with E-state index >= 15 is 0 Å². The van der Waals surface area contributed by atoms with Crippen molar-refractivity contribution in [3.63, 3.8) is 0 Å². The third-order valence-corrected chi connectivity index (χ3v) is 4.68. The van der Waals surface area contributed by atoms with Crippen molar-refractivity contribution in [2.24, 2.45) is 0 Å². The lowest BCUT2D eigenvalue weighted by Gasteiger charge is -2.16. The van der Waals surface area contributed by atoms with Crippen LogP contribution in [0.2, 0.25) is 0 Å². The Morgan fingerprint density at radius 1 is 1.00 bits per heavy atom. The Hall–Kier alpha value is -4.27. The predicted octanol–water partition coefficient (Wildman–Crippen LogP) is 3.31. The number of aryl methyl sites for hydroxylation is 1. The van der Waals surface area contributed by atoms with Gasteiger partial charge in [-0.25, -0.2) is 9.59 Å². The van der Waals surface area contributed by atoms with Gasteiger partial charge < -0.3 is 30.4 Å². The first kappa shape index (κ1) is 22.4. The second-order valence-electron chi connectivity index (χ2n) is 6.98. The monoisotopic (exact) mass is 438 g/mol. The van der Waals surface area contributed by atoms with Crippen molar-refractivity contribution in [3.05, 3.63) is 75.1 Å². The minimum Gasteiger partial charge on any atom is -0.490 e. The summed E-state index contributed by atoms with van der Waals surface area (Å²) in [5, 5.41) is 19.2. The van der Waals surface area contributed by atoms with E-state index in [0.29, 0.717) is 5.75 Å². The van der Waals surface area contributed by atoms with Crippen LogP contribution >= 0.6 is 0 Å². The average Bonchev–Trinajstić information content (AvgIpc) is 2.72. The number of aromatic nitrogens is 1. The summed E-state index contributed by atoms with van der Waals surface area (Å²) in [6.45, 7) is 4.27. The zero-order valence-corrected chi connectivity index (χ0v) is 17.5. The van der Waals surface area contributed by atoms with Crippen LogP contribution in [-0.2, 0) is 6.61 Å². The Bertz CT molecular complexity index is 1250. The fraction of sp³-hybridized carbons (Fsp3) is 0.174. The summed E-state index contributed by atoms with van der Waals surface area (Å²) in [5.41, 5.74) is 5.31. The second-order valence-corrected chi connectivity index (χ2v) is 6.98. The fourth-order valence-electron chi connectivity index (χ4n) is 3.35. The molecule has 0 bridgehead atoms. The first-order chi connectivity index (χ1) is 15.2. The van der Waals surface area contributed by atoms with E-state index in [1.807, 2.05) is 31.2 Å². The van der Waals surface area contributed by atoms with Crippen LogP contribution in [0, 0.1) is 6.92 Å². The molecule has 0 saturated heterocycles. The van der Waals surface area contributed by atoms with E-state index in [-0.39, 0.29) is 30.1 Å². The number of pyridine rings is 1. The number of anilines is 1. The van der Waals surface area contributed by atoms with E-state index in [1.54, 1.807) is 6.92 Å². The van der Waals surface area contributed by atoms with Crippen LogP contribution in [0.5, 0.6) is 11.5 Å². The van der Waals surface area contributed by atoms with Crippen molar-refractivity contribution in [3.8, 4) is 22.6 Å². The number of hydrogen-bond donors (Lipinski definition) is 4. The highest BCUT2D eigenvalue weighted by atomic mass is 16.5. The number of H-pyrrole nitrogens is 1. The molecule has 0 fully saturated rings. The molecule has 0 radical (unpaired) electrons. The number of carboxylic acid groups (broad SMARTS) is 2. The zero-order chi connectivity index (χ0) is 23.4. The topological polar surface area (TPSA) is 152 Å². The molecule has 166 valence electrons. The summed E-state index contributed by atoms with van der Waals surface area (Å²) in [6.07, 6.45) is 0. The number of carbonyl (C=O) groups is 2. The molecule has 0 unspecified atom stereocenters. The molecule has 3 rings (SSSR count). The maximum Gasteiger partial charge on any atom is 0.342 e. The van der Waals surface area contributed by atoms with Crippen LogP contribution < -0.4 is 20.8 Å². The molecular formula is C23H22N2O7. The molecule has 5 N–H and O–H groups in total. The van der Waals surface area contributed by atoms with Gasteiger partial charge in [-0.2, -0.15) is 0 Å². The first-order valence-corrected chi connectivity index (χ1v) is 9.70. The summed E-state index contributed by atoms with van der Waals surface area (Å²) >= 11 is 0. The molecule has 0 aliphatic heterocycles. The van der Waals surface area contributed by atoms with E-state index in [0.717, 1.165) is 11.1 Å². The van der Waals surface area contributed by atoms with Gasteiger partial charge in [-0.1, -0.05) is 35.9 Å². The minimum atomic E-state index is -1.58. The number of benzene rings is 2. The molecule has 1 aromatic heterocycles. The van der Waals surface area contributed by atoms with Crippen molar-refractivity contribution < 1.29 is 29.3 Å². The van der Waals surface area contributed by atoms with Crippen LogP contribution in [0.1, 0.15) is 38.8 Å². The predicted molar refractivity (Wildman–Crippen MR) is 118 cm³/mol. The van der Waals surface area contributed by atoms with Gasteiger partial charge in [-0.3, -0.25) is 4.79 Å². The van der Waals surface area contributed by atoms with Gasteiger partial charge in [0.25, 0.3) is 5.56 Å². The summed E-state index contributed by atoms with van der Waals surface area (Å²) in [6, 6.07) is 12.2. The van der Waals surface area contributed by atoms with E-state index in [4.69, 9.17) is 15.2 Å². The van der Waals surface area contributed by atoms with Crippen LogP contribution in [0.4, 0.5) is 5.82 Å². The Kier molecular flexibility index (Phi) is 6.48. The molecule has 9 heteroatoms. The Morgan fingerprint density at radius 3 is 2.34 bits per heavy atom. The quantitative estimate of drug-likeness (QED) is 0.418.